The number of carbonyl (C=O) groups excluding carboxylic acids is 1. The summed E-state index contributed by atoms with van der Waals surface area (Å²) >= 11 is 0. The summed E-state index contributed by atoms with van der Waals surface area (Å²) < 4.78 is 5.71. The number of amides is 1. The third-order valence-electron chi connectivity index (χ3n) is 4.82. The zero-order chi connectivity index (χ0) is 15.5. The number of likely N-dealkylation sites (tertiary alicyclic amines) is 1. The summed E-state index contributed by atoms with van der Waals surface area (Å²) in [5.41, 5.74) is 6.84. The predicted octanol–water partition coefficient (Wildman–Crippen LogP) is 2.03. The number of nitrogens with two attached hydrogens (primary N) is 1. The van der Waals surface area contributed by atoms with E-state index in [-0.39, 0.29) is 30.5 Å². The van der Waals surface area contributed by atoms with E-state index in [0.29, 0.717) is 18.2 Å². The van der Waals surface area contributed by atoms with Gasteiger partial charge in [-0.25, -0.2) is 0 Å². The van der Waals surface area contributed by atoms with Crippen molar-refractivity contribution in [3.8, 4) is 5.75 Å². The van der Waals surface area contributed by atoms with Gasteiger partial charge in [-0.05, 0) is 49.3 Å². The van der Waals surface area contributed by atoms with Crippen molar-refractivity contribution in [1.82, 2.24) is 4.90 Å². The number of rotatable bonds is 3. The molecule has 23 heavy (non-hydrogen) atoms. The van der Waals surface area contributed by atoms with Crippen LogP contribution in [0.1, 0.15) is 37.2 Å². The van der Waals surface area contributed by atoms with Crippen LogP contribution in [0.5, 0.6) is 5.75 Å². The van der Waals surface area contributed by atoms with Gasteiger partial charge in [-0.2, -0.15) is 0 Å². The molecule has 0 spiro atoms. The van der Waals surface area contributed by atoms with Crippen molar-refractivity contribution in [2.24, 2.45) is 5.73 Å². The van der Waals surface area contributed by atoms with Crippen LogP contribution in [0.2, 0.25) is 0 Å². The molecule has 5 nitrogen and oxygen atoms in total. The van der Waals surface area contributed by atoms with Gasteiger partial charge in [0, 0.05) is 19.6 Å². The number of benzene rings is 1. The van der Waals surface area contributed by atoms with Gasteiger partial charge in [-0.1, -0.05) is 12.1 Å². The van der Waals surface area contributed by atoms with Gasteiger partial charge in [0.25, 0.3) is 5.91 Å². The highest BCUT2D eigenvalue weighted by Gasteiger charge is 2.34. The number of phenols is 1. The molecule has 1 aromatic carbocycles. The second-order valence-corrected chi connectivity index (χ2v) is 6.25. The minimum absolute atomic E-state index is 0. The highest BCUT2D eigenvalue weighted by Crippen LogP contribution is 2.30. The standard InChI is InChI=1S/C17H24N2O3.ClH/c18-11-15-5-6-16(22-15)17(21)19-9-7-13(8-10-19)12-1-3-14(20)4-2-12;/h1-4,13,15-16,20H,5-11,18H2;1H/t15-,16+;/m1./s1. The number of nitrogens with zero attached hydrogens (tertiary/aromatic N) is 1. The lowest BCUT2D eigenvalue weighted by atomic mass is 9.89. The Morgan fingerprint density at radius 3 is 2.39 bits per heavy atom. The Kier molecular flexibility index (Phi) is 6.27. The van der Waals surface area contributed by atoms with E-state index in [4.69, 9.17) is 10.5 Å². The van der Waals surface area contributed by atoms with Crippen molar-refractivity contribution in [3.05, 3.63) is 29.8 Å². The van der Waals surface area contributed by atoms with Crippen LogP contribution in [0.25, 0.3) is 0 Å². The molecule has 2 aliphatic rings. The van der Waals surface area contributed by atoms with E-state index >= 15 is 0 Å². The lowest BCUT2D eigenvalue weighted by molar-refractivity contribution is -0.143. The molecule has 2 saturated heterocycles. The third-order valence-corrected chi connectivity index (χ3v) is 4.82. The summed E-state index contributed by atoms with van der Waals surface area (Å²) in [7, 11) is 0. The molecule has 1 aromatic rings. The second-order valence-electron chi connectivity index (χ2n) is 6.25. The molecule has 0 bridgehead atoms. The zero-order valence-electron chi connectivity index (χ0n) is 13.2. The number of ether oxygens (including phenoxy) is 1. The van der Waals surface area contributed by atoms with E-state index in [0.717, 1.165) is 38.8 Å². The molecule has 0 aliphatic carbocycles. The first-order chi connectivity index (χ1) is 10.7. The maximum absolute atomic E-state index is 12.5. The molecule has 128 valence electrons. The number of carbonyl (C=O) groups is 1. The highest BCUT2D eigenvalue weighted by atomic mass is 35.5. The molecule has 0 saturated carbocycles. The fraction of sp³-hybridized carbons (Fsp3) is 0.588. The van der Waals surface area contributed by atoms with Gasteiger partial charge in [0.1, 0.15) is 11.9 Å². The van der Waals surface area contributed by atoms with Crippen LogP contribution in [-0.4, -0.2) is 47.8 Å². The van der Waals surface area contributed by atoms with E-state index in [9.17, 15) is 9.90 Å². The molecule has 1 amide bonds. The van der Waals surface area contributed by atoms with Crippen LogP contribution in [-0.2, 0) is 9.53 Å². The zero-order valence-corrected chi connectivity index (χ0v) is 14.0. The molecule has 3 rings (SSSR count). The third kappa shape index (κ3) is 4.16. The van der Waals surface area contributed by atoms with Crippen molar-refractivity contribution in [2.45, 2.75) is 43.8 Å². The number of phenolic OH excluding ortho intramolecular Hbond substituents is 1. The first-order valence-corrected chi connectivity index (χ1v) is 8.10. The maximum Gasteiger partial charge on any atom is 0.251 e. The fourth-order valence-corrected chi connectivity index (χ4v) is 3.44. The summed E-state index contributed by atoms with van der Waals surface area (Å²) in [6.07, 6.45) is 3.35. The van der Waals surface area contributed by atoms with Gasteiger partial charge < -0.3 is 20.5 Å². The lowest BCUT2D eigenvalue weighted by Gasteiger charge is -2.33. The smallest absolute Gasteiger partial charge is 0.251 e. The average molecular weight is 341 g/mol. The summed E-state index contributed by atoms with van der Waals surface area (Å²) in [5, 5.41) is 9.36. The quantitative estimate of drug-likeness (QED) is 0.882. The molecule has 0 unspecified atom stereocenters. The van der Waals surface area contributed by atoms with Gasteiger partial charge in [0.2, 0.25) is 0 Å². The fourth-order valence-electron chi connectivity index (χ4n) is 3.44. The highest BCUT2D eigenvalue weighted by molar-refractivity contribution is 5.85. The van der Waals surface area contributed by atoms with Gasteiger partial charge in [-0.3, -0.25) is 4.79 Å². The number of halogens is 1. The first kappa shape index (κ1) is 18.0. The Hall–Kier alpha value is -1.30. The molecule has 0 aromatic heterocycles. The van der Waals surface area contributed by atoms with Gasteiger partial charge in [0.15, 0.2) is 0 Å². The average Bonchev–Trinajstić information content (AvgIpc) is 3.04. The molecule has 2 atom stereocenters. The van der Waals surface area contributed by atoms with Crippen molar-refractivity contribution in [3.63, 3.8) is 0 Å². The first-order valence-electron chi connectivity index (χ1n) is 8.10. The van der Waals surface area contributed by atoms with E-state index in [1.54, 1.807) is 12.1 Å². The minimum atomic E-state index is -0.293. The molecule has 0 radical (unpaired) electrons. The molecule has 2 aliphatic heterocycles. The van der Waals surface area contributed by atoms with Gasteiger partial charge in [0.05, 0.1) is 6.10 Å². The number of hydrogen-bond acceptors (Lipinski definition) is 4. The largest absolute Gasteiger partial charge is 0.508 e. The molecule has 2 heterocycles. The van der Waals surface area contributed by atoms with Crippen LogP contribution in [0.3, 0.4) is 0 Å². The van der Waals surface area contributed by atoms with Crippen LogP contribution < -0.4 is 5.73 Å². The number of piperidine rings is 1. The summed E-state index contributed by atoms with van der Waals surface area (Å²) in [6.45, 7) is 2.04. The van der Waals surface area contributed by atoms with Crippen LogP contribution in [0.15, 0.2) is 24.3 Å². The maximum atomic E-state index is 12.5. The Morgan fingerprint density at radius 2 is 1.83 bits per heavy atom. The number of aromatic hydroxyl groups is 1. The van der Waals surface area contributed by atoms with Crippen LogP contribution in [0, 0.1) is 0 Å². The van der Waals surface area contributed by atoms with Crippen molar-refractivity contribution >= 4 is 18.3 Å². The Labute approximate surface area is 143 Å². The SMILES string of the molecule is Cl.NC[C@H]1CC[C@@H](C(=O)N2CCC(c3ccc(O)cc3)CC2)O1. The van der Waals surface area contributed by atoms with Crippen molar-refractivity contribution < 1.29 is 14.6 Å². The summed E-state index contributed by atoms with van der Waals surface area (Å²) in [5.74, 6) is 0.884. The monoisotopic (exact) mass is 340 g/mol. The minimum Gasteiger partial charge on any atom is -0.508 e. The second kappa shape index (κ2) is 7.99. The van der Waals surface area contributed by atoms with Gasteiger partial charge in [-0.15, -0.1) is 12.4 Å². The molecule has 3 N–H and O–H groups in total. The topological polar surface area (TPSA) is 75.8 Å². The van der Waals surface area contributed by atoms with Crippen molar-refractivity contribution in [2.75, 3.05) is 19.6 Å². The Bertz CT molecular complexity index is 515. The molecular formula is C17H25ClN2O3. The number of hydrogen-bond donors (Lipinski definition) is 2. The van der Waals surface area contributed by atoms with E-state index in [1.165, 1.54) is 5.56 Å². The summed E-state index contributed by atoms with van der Waals surface area (Å²) in [6, 6.07) is 7.41. The van der Waals surface area contributed by atoms with Gasteiger partial charge >= 0.3 is 0 Å². The van der Waals surface area contributed by atoms with E-state index in [1.807, 2.05) is 17.0 Å². The normalized spacial score (nSPS) is 25.2. The van der Waals surface area contributed by atoms with Crippen LogP contribution in [0.4, 0.5) is 0 Å². The van der Waals surface area contributed by atoms with Crippen molar-refractivity contribution in [1.29, 1.82) is 0 Å². The van der Waals surface area contributed by atoms with Crippen LogP contribution >= 0.6 is 12.4 Å². The summed E-state index contributed by atoms with van der Waals surface area (Å²) in [4.78, 5) is 14.4. The predicted molar refractivity (Wildman–Crippen MR) is 90.9 cm³/mol. The Balaban J connectivity index is 0.00000192. The lowest BCUT2D eigenvalue weighted by Crippen LogP contribution is -2.43. The van der Waals surface area contributed by atoms with E-state index < -0.39 is 0 Å². The Morgan fingerprint density at radius 1 is 1.17 bits per heavy atom. The molecule has 2 fully saturated rings. The molecular weight excluding hydrogens is 316 g/mol. The van der Waals surface area contributed by atoms with E-state index in [2.05, 4.69) is 0 Å². The molecule has 6 heteroatoms.